The molecular weight excluding hydrogens is 304 g/mol. The summed E-state index contributed by atoms with van der Waals surface area (Å²) in [4.78, 5) is 12.9. The summed E-state index contributed by atoms with van der Waals surface area (Å²) in [5.74, 6) is 0.913. The minimum Gasteiger partial charge on any atom is -0.478 e. The first-order valence-corrected chi connectivity index (χ1v) is 8.89. The highest BCUT2D eigenvalue weighted by atomic mass is 32.1. The molecule has 4 aliphatic carbocycles. The monoisotopic (exact) mass is 326 g/mol. The fourth-order valence-corrected chi connectivity index (χ4v) is 5.43. The number of rotatable bonds is 2. The Morgan fingerprint density at radius 2 is 2.04 bits per heavy atom. The zero-order valence-electron chi connectivity index (χ0n) is 13.6. The largest absolute Gasteiger partial charge is 0.478 e. The van der Waals surface area contributed by atoms with Crippen LogP contribution in [0.3, 0.4) is 0 Å². The van der Waals surface area contributed by atoms with Gasteiger partial charge in [0.05, 0.1) is 5.92 Å². The Morgan fingerprint density at radius 3 is 2.78 bits per heavy atom. The van der Waals surface area contributed by atoms with Gasteiger partial charge in [-0.05, 0) is 43.8 Å². The Labute approximate surface area is 142 Å². The molecule has 0 amide bonds. The minimum atomic E-state index is -0.0956. The number of hydrogen-bond acceptors (Lipinski definition) is 3. The number of carbonyl (C=O) groups is 1. The average molecular weight is 326 g/mol. The van der Waals surface area contributed by atoms with Crippen LogP contribution in [0.5, 0.6) is 0 Å². The third-order valence-electron chi connectivity index (χ3n) is 6.35. The van der Waals surface area contributed by atoms with Crippen molar-refractivity contribution in [1.29, 1.82) is 0 Å². The van der Waals surface area contributed by atoms with Crippen LogP contribution in [0.15, 0.2) is 42.0 Å². The van der Waals surface area contributed by atoms with Crippen molar-refractivity contribution >= 4 is 23.1 Å². The Bertz CT molecular complexity index is 693. The van der Waals surface area contributed by atoms with Gasteiger partial charge < -0.3 is 4.74 Å². The van der Waals surface area contributed by atoms with Crippen LogP contribution in [0.1, 0.15) is 38.7 Å². The smallest absolute Gasteiger partial charge is 0.191 e. The molecule has 0 heterocycles. The Morgan fingerprint density at radius 1 is 1.30 bits per heavy atom. The van der Waals surface area contributed by atoms with E-state index in [1.807, 2.05) is 30.3 Å². The highest BCUT2D eigenvalue weighted by Crippen LogP contribution is 2.61. The lowest BCUT2D eigenvalue weighted by molar-refractivity contribution is -0.163. The molecule has 3 fully saturated rings. The Hall–Kier alpha value is -1.48. The molecule has 0 radical (unpaired) electrons. The summed E-state index contributed by atoms with van der Waals surface area (Å²) in [6, 6.07) is 9.84. The molecule has 5 rings (SSSR count). The highest BCUT2D eigenvalue weighted by Gasteiger charge is 2.62. The molecule has 23 heavy (non-hydrogen) atoms. The van der Waals surface area contributed by atoms with Gasteiger partial charge >= 0.3 is 0 Å². The van der Waals surface area contributed by atoms with E-state index in [2.05, 4.69) is 19.9 Å². The number of Topliss-reactive ketones (excluding diaryl/α,β-unsaturated/α-hetero) is 1. The molecule has 1 aromatic carbocycles. The van der Waals surface area contributed by atoms with Crippen molar-refractivity contribution in [2.24, 2.45) is 23.2 Å². The molecule has 0 unspecified atom stereocenters. The van der Waals surface area contributed by atoms with Gasteiger partial charge in [-0.15, -0.1) is 0 Å². The third-order valence-corrected chi connectivity index (χ3v) is 6.69. The van der Waals surface area contributed by atoms with Crippen molar-refractivity contribution in [2.75, 3.05) is 0 Å². The van der Waals surface area contributed by atoms with Gasteiger partial charge in [-0.3, -0.25) is 4.79 Å². The van der Waals surface area contributed by atoms with E-state index in [9.17, 15) is 4.79 Å². The van der Waals surface area contributed by atoms with Crippen LogP contribution in [0.25, 0.3) is 0 Å². The number of ketones is 1. The van der Waals surface area contributed by atoms with E-state index in [4.69, 9.17) is 17.0 Å². The van der Waals surface area contributed by atoms with Crippen LogP contribution in [0, 0.1) is 23.2 Å². The normalized spacial score (nSPS) is 38.2. The van der Waals surface area contributed by atoms with E-state index in [-0.39, 0.29) is 23.4 Å². The number of hydrogen-bond donors (Lipinski definition) is 0. The van der Waals surface area contributed by atoms with Crippen LogP contribution in [0.4, 0.5) is 0 Å². The maximum Gasteiger partial charge on any atom is 0.191 e. The van der Waals surface area contributed by atoms with Crippen LogP contribution in [-0.4, -0.2) is 16.9 Å². The first kappa shape index (κ1) is 15.1. The summed E-state index contributed by atoms with van der Waals surface area (Å²) in [6.45, 7) is 4.48. The standard InChI is InChI=1S/C20H22O2S/c1-12-8-9-15-17(21)14-10-11-20(15,2)16(12)18(14)22-19(23)13-6-4-3-5-7-13/h3-8,14-16,18H,9-11H2,1-2H3/t14-,15-,16+,18-,20+/m0/s1. The molecule has 3 heteroatoms. The van der Waals surface area contributed by atoms with Gasteiger partial charge in [0, 0.05) is 17.4 Å². The predicted octanol–water partition coefficient (Wildman–Crippen LogP) is 4.33. The maximum absolute atomic E-state index is 12.9. The van der Waals surface area contributed by atoms with Crippen LogP contribution in [0.2, 0.25) is 0 Å². The molecule has 4 aliphatic rings. The van der Waals surface area contributed by atoms with Gasteiger partial charge in [0.1, 0.15) is 11.9 Å². The van der Waals surface area contributed by atoms with Crippen molar-refractivity contribution in [3.8, 4) is 0 Å². The number of benzene rings is 1. The fraction of sp³-hybridized carbons (Fsp3) is 0.500. The Kier molecular flexibility index (Phi) is 3.45. The molecule has 1 aromatic rings. The lowest BCUT2D eigenvalue weighted by atomic mass is 9.45. The van der Waals surface area contributed by atoms with E-state index in [1.165, 1.54) is 5.57 Å². The third kappa shape index (κ3) is 2.13. The zero-order valence-corrected chi connectivity index (χ0v) is 14.4. The van der Waals surface area contributed by atoms with Crippen LogP contribution in [-0.2, 0) is 9.53 Å². The molecule has 3 saturated carbocycles. The number of thiocarbonyl (C=S) groups is 1. The summed E-state index contributed by atoms with van der Waals surface area (Å²) in [6.07, 6.45) is 5.13. The SMILES string of the molecule is CC1=CC[C@H]2C(=O)[C@@H]3CC[C@@]2(C)[C@H]1[C@H]3OC(=S)c1ccccc1. The van der Waals surface area contributed by atoms with E-state index in [0.717, 1.165) is 24.8 Å². The number of carbonyl (C=O) groups excluding carboxylic acids is 1. The van der Waals surface area contributed by atoms with E-state index in [0.29, 0.717) is 16.8 Å². The second-order valence-electron chi connectivity index (χ2n) is 7.50. The minimum absolute atomic E-state index is 0.0112. The van der Waals surface area contributed by atoms with Crippen molar-refractivity contribution in [2.45, 2.75) is 39.2 Å². The average Bonchev–Trinajstić information content (AvgIpc) is 2.54. The molecule has 0 N–H and O–H groups in total. The molecule has 0 aliphatic heterocycles. The molecule has 0 spiro atoms. The molecule has 120 valence electrons. The molecular formula is C20H22O2S. The van der Waals surface area contributed by atoms with E-state index in [1.54, 1.807) is 0 Å². The quantitative estimate of drug-likeness (QED) is 0.598. The van der Waals surface area contributed by atoms with E-state index >= 15 is 0 Å². The predicted molar refractivity (Wildman–Crippen MR) is 94.2 cm³/mol. The summed E-state index contributed by atoms with van der Waals surface area (Å²) in [5, 5.41) is 0.523. The lowest BCUT2D eigenvalue weighted by Gasteiger charge is -2.59. The fourth-order valence-electron chi connectivity index (χ4n) is 5.18. The van der Waals surface area contributed by atoms with Gasteiger partial charge in [-0.25, -0.2) is 0 Å². The van der Waals surface area contributed by atoms with Crippen molar-refractivity contribution in [3.63, 3.8) is 0 Å². The molecule has 4 bridgehead atoms. The van der Waals surface area contributed by atoms with Crippen molar-refractivity contribution in [1.82, 2.24) is 0 Å². The zero-order chi connectivity index (χ0) is 16.2. The molecule has 5 atom stereocenters. The summed E-state index contributed by atoms with van der Waals surface area (Å²) >= 11 is 5.53. The summed E-state index contributed by atoms with van der Waals surface area (Å²) in [7, 11) is 0. The number of ether oxygens (including phenoxy) is 1. The summed E-state index contributed by atoms with van der Waals surface area (Å²) < 4.78 is 6.27. The lowest BCUT2D eigenvalue weighted by Crippen LogP contribution is -2.62. The van der Waals surface area contributed by atoms with E-state index < -0.39 is 0 Å². The van der Waals surface area contributed by atoms with Crippen LogP contribution >= 0.6 is 12.2 Å². The second-order valence-corrected chi connectivity index (χ2v) is 7.87. The maximum atomic E-state index is 12.9. The second kappa shape index (κ2) is 5.27. The first-order chi connectivity index (χ1) is 11.0. The first-order valence-electron chi connectivity index (χ1n) is 8.49. The number of fused-ring (bicyclic) bond motifs is 1. The van der Waals surface area contributed by atoms with Gasteiger partial charge in [0.2, 0.25) is 0 Å². The number of allylic oxidation sites excluding steroid dienone is 1. The van der Waals surface area contributed by atoms with Gasteiger partial charge in [-0.1, -0.05) is 48.9 Å². The molecule has 0 aromatic heterocycles. The van der Waals surface area contributed by atoms with Gasteiger partial charge in [0.15, 0.2) is 5.05 Å². The van der Waals surface area contributed by atoms with Gasteiger partial charge in [-0.2, -0.15) is 0 Å². The topological polar surface area (TPSA) is 26.3 Å². The van der Waals surface area contributed by atoms with Crippen molar-refractivity contribution in [3.05, 3.63) is 47.5 Å². The molecule has 2 nitrogen and oxygen atoms in total. The van der Waals surface area contributed by atoms with Gasteiger partial charge in [0.25, 0.3) is 0 Å². The van der Waals surface area contributed by atoms with Crippen LogP contribution < -0.4 is 0 Å². The summed E-state index contributed by atoms with van der Waals surface area (Å²) in [5.41, 5.74) is 2.35. The Balaban J connectivity index is 1.68. The molecule has 0 saturated heterocycles. The van der Waals surface area contributed by atoms with Crippen molar-refractivity contribution < 1.29 is 9.53 Å². The highest BCUT2D eigenvalue weighted by molar-refractivity contribution is 7.80.